The Labute approximate surface area is 143 Å². The Morgan fingerprint density at radius 2 is 1.83 bits per heavy atom. The Morgan fingerprint density at radius 1 is 1.12 bits per heavy atom. The van der Waals surface area contributed by atoms with Crippen molar-refractivity contribution in [1.82, 2.24) is 0 Å². The number of carbonyl (C=O) groups is 1. The number of ketones is 1. The van der Waals surface area contributed by atoms with Gasteiger partial charge in [0.15, 0.2) is 5.78 Å². The summed E-state index contributed by atoms with van der Waals surface area (Å²) in [7, 11) is 1.50. The fourth-order valence-electron chi connectivity index (χ4n) is 2.53. The van der Waals surface area contributed by atoms with Gasteiger partial charge in [0, 0.05) is 24.1 Å². The summed E-state index contributed by atoms with van der Waals surface area (Å²) in [5.74, 6) is 1.16. The van der Waals surface area contributed by atoms with Gasteiger partial charge in [0.25, 0.3) is 0 Å². The van der Waals surface area contributed by atoms with Crippen LogP contribution in [0.15, 0.2) is 30.3 Å². The van der Waals surface area contributed by atoms with Crippen molar-refractivity contribution >= 4 is 5.78 Å². The van der Waals surface area contributed by atoms with E-state index in [1.54, 1.807) is 6.07 Å². The molecule has 128 valence electrons. The summed E-state index contributed by atoms with van der Waals surface area (Å²) in [6, 6.07) is 8.87. The van der Waals surface area contributed by atoms with Gasteiger partial charge in [0.05, 0.1) is 7.11 Å². The minimum absolute atomic E-state index is 0.113. The highest BCUT2D eigenvalue weighted by molar-refractivity contribution is 6.03. The molecule has 0 saturated carbocycles. The lowest BCUT2D eigenvalue weighted by Gasteiger charge is -2.11. The molecule has 2 aromatic carbocycles. The van der Waals surface area contributed by atoms with Crippen molar-refractivity contribution in [3.63, 3.8) is 0 Å². The van der Waals surface area contributed by atoms with Crippen molar-refractivity contribution in [2.24, 2.45) is 0 Å². The molecular formula is C20H24O4. The largest absolute Gasteiger partial charge is 0.507 e. The Kier molecular flexibility index (Phi) is 5.85. The highest BCUT2D eigenvalue weighted by Crippen LogP contribution is 2.40. The molecule has 0 aliphatic carbocycles. The highest BCUT2D eigenvalue weighted by Gasteiger charge is 2.25. The second-order valence-corrected chi connectivity index (χ2v) is 5.72. The lowest BCUT2D eigenvalue weighted by atomic mass is 10.00. The second kappa shape index (κ2) is 7.86. The van der Waals surface area contributed by atoms with Crippen molar-refractivity contribution in [1.29, 1.82) is 0 Å². The first kappa shape index (κ1) is 17.9. The number of rotatable bonds is 2. The SMILES string of the molecule is CCC.CCc1ccc2c(c1)CC(=O)c1c(O)cc(OC)cc1O2. The molecule has 2 aromatic rings. The first-order valence-corrected chi connectivity index (χ1v) is 8.27. The molecule has 3 rings (SSSR count). The summed E-state index contributed by atoms with van der Waals surface area (Å²) in [5, 5.41) is 10.1. The van der Waals surface area contributed by atoms with E-state index in [1.807, 2.05) is 18.2 Å². The number of aromatic hydroxyl groups is 1. The topological polar surface area (TPSA) is 55.8 Å². The second-order valence-electron chi connectivity index (χ2n) is 5.72. The van der Waals surface area contributed by atoms with Crippen LogP contribution in [0.5, 0.6) is 23.0 Å². The normalized spacial score (nSPS) is 12.1. The molecule has 1 aliphatic heterocycles. The molecule has 0 fully saturated rings. The zero-order chi connectivity index (χ0) is 17.7. The van der Waals surface area contributed by atoms with Gasteiger partial charge >= 0.3 is 0 Å². The summed E-state index contributed by atoms with van der Waals surface area (Å²) in [5.41, 5.74) is 2.21. The predicted molar refractivity (Wildman–Crippen MR) is 94.6 cm³/mol. The van der Waals surface area contributed by atoms with E-state index in [-0.39, 0.29) is 23.5 Å². The van der Waals surface area contributed by atoms with E-state index in [0.29, 0.717) is 17.2 Å². The number of fused-ring (bicyclic) bond motifs is 2. The van der Waals surface area contributed by atoms with E-state index < -0.39 is 0 Å². The quantitative estimate of drug-likeness (QED) is 0.851. The third-order valence-electron chi connectivity index (χ3n) is 3.67. The lowest BCUT2D eigenvalue weighted by Crippen LogP contribution is -2.03. The first-order valence-electron chi connectivity index (χ1n) is 8.27. The molecule has 0 spiro atoms. The zero-order valence-electron chi connectivity index (χ0n) is 14.7. The zero-order valence-corrected chi connectivity index (χ0v) is 14.7. The Morgan fingerprint density at radius 3 is 2.46 bits per heavy atom. The van der Waals surface area contributed by atoms with Crippen LogP contribution in [0, 0.1) is 0 Å². The molecule has 24 heavy (non-hydrogen) atoms. The molecule has 0 amide bonds. The van der Waals surface area contributed by atoms with Gasteiger partial charge in [0.1, 0.15) is 28.6 Å². The number of benzene rings is 2. The molecule has 0 atom stereocenters. The number of Topliss-reactive ketones (excluding diaryl/α,β-unsaturated/α-hetero) is 1. The number of phenolic OH excluding ortho intramolecular Hbond substituents is 1. The molecule has 0 aromatic heterocycles. The molecular weight excluding hydrogens is 304 g/mol. The third-order valence-corrected chi connectivity index (χ3v) is 3.67. The molecule has 4 nitrogen and oxygen atoms in total. The van der Waals surface area contributed by atoms with E-state index in [9.17, 15) is 9.90 Å². The Bertz CT molecular complexity index is 735. The Hall–Kier alpha value is -2.49. The molecule has 0 unspecified atom stereocenters. The number of aryl methyl sites for hydroxylation is 1. The molecule has 1 heterocycles. The van der Waals surface area contributed by atoms with Crippen LogP contribution in [-0.4, -0.2) is 18.0 Å². The number of phenols is 1. The molecule has 4 heteroatoms. The fraction of sp³-hybridized carbons (Fsp3) is 0.350. The van der Waals surface area contributed by atoms with Crippen LogP contribution in [0.2, 0.25) is 0 Å². The summed E-state index contributed by atoms with van der Waals surface area (Å²) >= 11 is 0. The number of hydrogen-bond donors (Lipinski definition) is 1. The van der Waals surface area contributed by atoms with E-state index >= 15 is 0 Å². The summed E-state index contributed by atoms with van der Waals surface area (Å²) in [6.45, 7) is 6.31. The van der Waals surface area contributed by atoms with Gasteiger partial charge in [-0.15, -0.1) is 0 Å². The number of ether oxygens (including phenoxy) is 2. The van der Waals surface area contributed by atoms with E-state index in [0.717, 1.165) is 17.5 Å². The van der Waals surface area contributed by atoms with Gasteiger partial charge in [0.2, 0.25) is 0 Å². The predicted octanol–water partition coefficient (Wildman–Crippen LogP) is 4.91. The van der Waals surface area contributed by atoms with Gasteiger partial charge in [-0.05, 0) is 18.1 Å². The maximum absolute atomic E-state index is 12.4. The monoisotopic (exact) mass is 328 g/mol. The lowest BCUT2D eigenvalue weighted by molar-refractivity contribution is 0.0991. The van der Waals surface area contributed by atoms with Crippen LogP contribution in [0.4, 0.5) is 0 Å². The Balaban J connectivity index is 0.000000647. The average Bonchev–Trinajstić information content (AvgIpc) is 2.70. The molecule has 0 bridgehead atoms. The summed E-state index contributed by atoms with van der Waals surface area (Å²) in [6.07, 6.45) is 2.36. The minimum Gasteiger partial charge on any atom is -0.507 e. The van der Waals surface area contributed by atoms with Crippen LogP contribution in [0.25, 0.3) is 0 Å². The van der Waals surface area contributed by atoms with Gasteiger partial charge in [-0.25, -0.2) is 0 Å². The standard InChI is InChI=1S/C17H16O4.C3H8/c1-3-10-4-5-15-11(6-10)7-13(18)17-14(19)8-12(20-2)9-16(17)21-15;1-3-2/h4-6,8-9,19H,3,7H2,1-2H3;3H2,1-2H3. The van der Waals surface area contributed by atoms with Crippen LogP contribution in [-0.2, 0) is 12.8 Å². The van der Waals surface area contributed by atoms with Crippen molar-refractivity contribution in [2.45, 2.75) is 40.0 Å². The number of carbonyl (C=O) groups excluding carboxylic acids is 1. The van der Waals surface area contributed by atoms with Gasteiger partial charge < -0.3 is 14.6 Å². The van der Waals surface area contributed by atoms with E-state index in [2.05, 4.69) is 20.8 Å². The van der Waals surface area contributed by atoms with E-state index in [1.165, 1.54) is 19.6 Å². The van der Waals surface area contributed by atoms with Crippen LogP contribution < -0.4 is 9.47 Å². The molecule has 0 saturated heterocycles. The minimum atomic E-state index is -0.155. The summed E-state index contributed by atoms with van der Waals surface area (Å²) in [4.78, 5) is 12.4. The maximum atomic E-state index is 12.4. The van der Waals surface area contributed by atoms with Crippen molar-refractivity contribution in [3.05, 3.63) is 47.0 Å². The molecule has 1 N–H and O–H groups in total. The number of hydrogen-bond acceptors (Lipinski definition) is 4. The van der Waals surface area contributed by atoms with Gasteiger partial charge in [-0.3, -0.25) is 4.79 Å². The first-order chi connectivity index (χ1) is 11.5. The van der Waals surface area contributed by atoms with Gasteiger partial charge in [-0.1, -0.05) is 39.3 Å². The van der Waals surface area contributed by atoms with Crippen LogP contribution in [0.3, 0.4) is 0 Å². The van der Waals surface area contributed by atoms with Crippen molar-refractivity contribution in [3.8, 4) is 23.0 Å². The van der Waals surface area contributed by atoms with Crippen LogP contribution in [0.1, 0.15) is 48.7 Å². The van der Waals surface area contributed by atoms with Gasteiger partial charge in [-0.2, -0.15) is 0 Å². The smallest absolute Gasteiger partial charge is 0.174 e. The maximum Gasteiger partial charge on any atom is 0.174 e. The number of methoxy groups -OCH3 is 1. The van der Waals surface area contributed by atoms with E-state index in [4.69, 9.17) is 9.47 Å². The molecule has 0 radical (unpaired) electrons. The van der Waals surface area contributed by atoms with Crippen molar-refractivity contribution < 1.29 is 19.4 Å². The summed E-state index contributed by atoms with van der Waals surface area (Å²) < 4.78 is 10.9. The molecule has 1 aliphatic rings. The third kappa shape index (κ3) is 3.70. The highest BCUT2D eigenvalue weighted by atomic mass is 16.5. The van der Waals surface area contributed by atoms with Crippen LogP contribution >= 0.6 is 0 Å². The van der Waals surface area contributed by atoms with Crippen molar-refractivity contribution in [2.75, 3.05) is 7.11 Å². The average molecular weight is 328 g/mol. The fourth-order valence-corrected chi connectivity index (χ4v) is 2.53.